The molecule has 0 aliphatic carbocycles. The van der Waals surface area contributed by atoms with Crippen LogP contribution in [0.1, 0.15) is 11.1 Å². The van der Waals surface area contributed by atoms with Crippen molar-refractivity contribution in [3.8, 4) is 11.5 Å². The first-order chi connectivity index (χ1) is 14.7. The average molecular weight is 408 g/mol. The second-order valence-electron chi connectivity index (χ2n) is 6.21. The molecule has 0 radical (unpaired) electrons. The lowest BCUT2D eigenvalue weighted by atomic mass is 10.2. The van der Waals surface area contributed by atoms with E-state index in [-0.39, 0.29) is 24.9 Å². The number of carbonyl (C=O) groups excluding carboxylic acids is 1. The maximum atomic E-state index is 13.7. The Bertz CT molecular complexity index is 1010. The van der Waals surface area contributed by atoms with E-state index < -0.39 is 0 Å². The molecule has 3 aromatic carbocycles. The molecule has 0 aromatic heterocycles. The highest BCUT2D eigenvalue weighted by Crippen LogP contribution is 2.28. The van der Waals surface area contributed by atoms with Crippen molar-refractivity contribution in [3.63, 3.8) is 0 Å². The topological polar surface area (TPSA) is 69.2 Å². The number of ether oxygens (including phenoxy) is 2. The van der Waals surface area contributed by atoms with E-state index >= 15 is 0 Å². The summed E-state index contributed by atoms with van der Waals surface area (Å²) in [4.78, 5) is 16.8. The van der Waals surface area contributed by atoms with Crippen molar-refractivity contribution in [2.75, 3.05) is 19.0 Å². The minimum absolute atomic E-state index is 0.0795. The number of methoxy groups -OCH3 is 1. The Labute approximate surface area is 173 Å². The van der Waals surface area contributed by atoms with Crippen LogP contribution in [0, 0.1) is 5.82 Å². The normalized spacial score (nSPS) is 10.6. The highest BCUT2D eigenvalue weighted by atomic mass is 19.1. The summed E-state index contributed by atoms with van der Waals surface area (Å²) in [6, 6.07) is 20.6. The van der Waals surface area contributed by atoms with E-state index in [1.54, 1.807) is 48.5 Å². The van der Waals surface area contributed by atoms with Crippen molar-refractivity contribution in [3.05, 3.63) is 89.7 Å². The maximum absolute atomic E-state index is 13.7. The summed E-state index contributed by atoms with van der Waals surface area (Å²) in [7, 11) is 1.51. The summed E-state index contributed by atoms with van der Waals surface area (Å²) >= 11 is 0. The molecule has 7 heteroatoms. The Balaban J connectivity index is 1.52. The van der Waals surface area contributed by atoms with E-state index in [1.807, 2.05) is 18.2 Å². The zero-order chi connectivity index (χ0) is 21.2. The van der Waals surface area contributed by atoms with Crippen LogP contribution in [0.15, 0.2) is 78.0 Å². The number of hydrogen-bond acceptors (Lipinski definition) is 5. The molecule has 0 saturated heterocycles. The van der Waals surface area contributed by atoms with Crippen molar-refractivity contribution in [1.29, 1.82) is 0 Å². The zero-order valence-electron chi connectivity index (χ0n) is 16.4. The Kier molecular flexibility index (Phi) is 7.38. The van der Waals surface area contributed by atoms with Gasteiger partial charge in [0.25, 0.3) is 5.91 Å². The van der Waals surface area contributed by atoms with Gasteiger partial charge in [-0.3, -0.25) is 4.79 Å². The average Bonchev–Trinajstić information content (AvgIpc) is 2.77. The number of hydrogen-bond donors (Lipinski definition) is 1. The first-order valence-electron chi connectivity index (χ1n) is 9.20. The predicted molar refractivity (Wildman–Crippen MR) is 112 cm³/mol. The summed E-state index contributed by atoms with van der Waals surface area (Å²) < 4.78 is 24.7. The smallest absolute Gasteiger partial charge is 0.265 e. The summed E-state index contributed by atoms with van der Waals surface area (Å²) in [5, 5.41) is 6.50. The van der Waals surface area contributed by atoms with Gasteiger partial charge in [0.2, 0.25) is 0 Å². The van der Waals surface area contributed by atoms with Crippen molar-refractivity contribution >= 4 is 17.8 Å². The number of nitrogens with one attached hydrogen (secondary N) is 1. The predicted octanol–water partition coefficient (Wildman–Crippen LogP) is 4.40. The Hall–Kier alpha value is -3.87. The molecule has 154 valence electrons. The first-order valence-corrected chi connectivity index (χ1v) is 9.20. The fourth-order valence-corrected chi connectivity index (χ4v) is 2.57. The molecule has 0 bridgehead atoms. The van der Waals surface area contributed by atoms with Gasteiger partial charge in [0.15, 0.2) is 18.1 Å². The third-order valence-electron chi connectivity index (χ3n) is 4.06. The number of halogens is 1. The number of oxime groups is 1. The molecule has 0 heterocycles. The third-order valence-corrected chi connectivity index (χ3v) is 4.06. The SMILES string of the molecule is COc1cc(C=NOCC(=O)Nc2ccccc2)ccc1OCc1ccccc1F. The molecule has 0 spiro atoms. The number of rotatable bonds is 9. The van der Waals surface area contributed by atoms with Crippen LogP contribution in [-0.2, 0) is 16.2 Å². The maximum Gasteiger partial charge on any atom is 0.265 e. The number of nitrogens with zero attached hydrogens (tertiary/aromatic N) is 1. The van der Waals surface area contributed by atoms with Crippen LogP contribution in [0.2, 0.25) is 0 Å². The minimum atomic E-state index is -0.325. The first kappa shape index (κ1) is 20.9. The molecule has 0 saturated carbocycles. The lowest BCUT2D eigenvalue weighted by Crippen LogP contribution is -2.16. The van der Waals surface area contributed by atoms with Crippen LogP contribution >= 0.6 is 0 Å². The van der Waals surface area contributed by atoms with Gasteiger partial charge in [-0.1, -0.05) is 41.6 Å². The van der Waals surface area contributed by atoms with Crippen LogP contribution in [0.4, 0.5) is 10.1 Å². The lowest BCUT2D eigenvalue weighted by Gasteiger charge is -2.11. The van der Waals surface area contributed by atoms with Gasteiger partial charge in [0, 0.05) is 16.8 Å². The van der Waals surface area contributed by atoms with E-state index in [0.717, 1.165) is 0 Å². The van der Waals surface area contributed by atoms with Crippen molar-refractivity contribution in [2.24, 2.45) is 5.16 Å². The molecular formula is C23H21FN2O4. The number of carbonyl (C=O) groups is 1. The van der Waals surface area contributed by atoms with Crippen LogP contribution < -0.4 is 14.8 Å². The molecule has 0 unspecified atom stereocenters. The number of benzene rings is 3. The zero-order valence-corrected chi connectivity index (χ0v) is 16.4. The largest absolute Gasteiger partial charge is 0.493 e. The van der Waals surface area contributed by atoms with E-state index in [0.29, 0.717) is 28.3 Å². The highest BCUT2D eigenvalue weighted by Gasteiger charge is 2.08. The van der Waals surface area contributed by atoms with Gasteiger partial charge in [0.1, 0.15) is 12.4 Å². The van der Waals surface area contributed by atoms with Gasteiger partial charge in [-0.25, -0.2) is 4.39 Å². The van der Waals surface area contributed by atoms with E-state index in [1.165, 1.54) is 19.4 Å². The number of para-hydroxylation sites is 1. The van der Waals surface area contributed by atoms with Gasteiger partial charge < -0.3 is 19.6 Å². The van der Waals surface area contributed by atoms with Gasteiger partial charge in [-0.05, 0) is 36.4 Å². The van der Waals surface area contributed by atoms with Gasteiger partial charge in [-0.15, -0.1) is 0 Å². The Morgan fingerprint density at radius 3 is 2.57 bits per heavy atom. The molecule has 3 rings (SSSR count). The van der Waals surface area contributed by atoms with Gasteiger partial charge >= 0.3 is 0 Å². The van der Waals surface area contributed by atoms with Crippen LogP contribution in [0.25, 0.3) is 0 Å². The molecule has 6 nitrogen and oxygen atoms in total. The summed E-state index contributed by atoms with van der Waals surface area (Å²) in [5.41, 5.74) is 1.83. The van der Waals surface area contributed by atoms with Crippen molar-refractivity contribution in [2.45, 2.75) is 6.61 Å². The quantitative estimate of drug-likeness (QED) is 0.421. The van der Waals surface area contributed by atoms with E-state index in [9.17, 15) is 9.18 Å². The van der Waals surface area contributed by atoms with E-state index in [4.69, 9.17) is 14.3 Å². The minimum Gasteiger partial charge on any atom is -0.493 e. The molecule has 0 atom stereocenters. The molecular weight excluding hydrogens is 387 g/mol. The molecule has 1 N–H and O–H groups in total. The van der Waals surface area contributed by atoms with Gasteiger partial charge in [-0.2, -0.15) is 0 Å². The van der Waals surface area contributed by atoms with Crippen molar-refractivity contribution < 1.29 is 23.5 Å². The second-order valence-corrected chi connectivity index (χ2v) is 6.21. The number of anilines is 1. The summed E-state index contributed by atoms with van der Waals surface area (Å²) in [5.74, 6) is 0.305. The second kappa shape index (κ2) is 10.6. The third kappa shape index (κ3) is 6.07. The Morgan fingerprint density at radius 1 is 1.03 bits per heavy atom. The fourth-order valence-electron chi connectivity index (χ4n) is 2.57. The van der Waals surface area contributed by atoms with Crippen LogP contribution in [0.3, 0.4) is 0 Å². The van der Waals surface area contributed by atoms with Crippen LogP contribution in [0.5, 0.6) is 11.5 Å². The van der Waals surface area contributed by atoms with Crippen LogP contribution in [-0.4, -0.2) is 25.8 Å². The molecule has 0 fully saturated rings. The van der Waals surface area contributed by atoms with E-state index in [2.05, 4.69) is 10.5 Å². The molecule has 0 aliphatic rings. The van der Waals surface area contributed by atoms with Gasteiger partial charge in [0.05, 0.1) is 13.3 Å². The lowest BCUT2D eigenvalue weighted by molar-refractivity contribution is -0.120. The molecule has 0 aliphatic heterocycles. The molecule has 3 aromatic rings. The standard InChI is InChI=1S/C23H21FN2O4/c1-28-22-13-17(11-12-21(22)29-15-18-7-5-6-10-20(18)24)14-25-30-16-23(27)26-19-8-3-2-4-9-19/h2-14H,15-16H2,1H3,(H,26,27). The Morgan fingerprint density at radius 2 is 1.80 bits per heavy atom. The molecule has 30 heavy (non-hydrogen) atoms. The number of amides is 1. The summed E-state index contributed by atoms with van der Waals surface area (Å²) in [6.07, 6.45) is 1.46. The monoisotopic (exact) mass is 408 g/mol. The summed E-state index contributed by atoms with van der Waals surface area (Å²) in [6.45, 7) is -0.136. The van der Waals surface area contributed by atoms with Crippen molar-refractivity contribution in [1.82, 2.24) is 0 Å². The highest BCUT2D eigenvalue weighted by molar-refractivity contribution is 5.91. The molecule has 1 amide bonds. The fraction of sp³-hybridized carbons (Fsp3) is 0.130.